The number of benzene rings is 1. The summed E-state index contributed by atoms with van der Waals surface area (Å²) in [5.41, 5.74) is 0.0945. The Labute approximate surface area is 157 Å². The van der Waals surface area contributed by atoms with Gasteiger partial charge >= 0.3 is 5.97 Å². The first-order valence-electron chi connectivity index (χ1n) is 8.40. The Balaban J connectivity index is 1.95. The highest BCUT2D eigenvalue weighted by atomic mass is 16.5. The number of rotatable bonds is 9. The van der Waals surface area contributed by atoms with Crippen LogP contribution in [0.2, 0.25) is 0 Å². The minimum atomic E-state index is -0.753. The number of nitrogens with zero attached hydrogens (tertiary/aromatic N) is 1. The van der Waals surface area contributed by atoms with E-state index in [9.17, 15) is 14.4 Å². The van der Waals surface area contributed by atoms with Crippen molar-refractivity contribution in [2.24, 2.45) is 0 Å². The van der Waals surface area contributed by atoms with Crippen molar-refractivity contribution in [3.8, 4) is 17.2 Å². The number of carbonyl (C=O) groups excluding carboxylic acids is 3. The van der Waals surface area contributed by atoms with E-state index in [4.69, 9.17) is 18.9 Å². The van der Waals surface area contributed by atoms with Crippen molar-refractivity contribution in [3.05, 3.63) is 17.7 Å². The van der Waals surface area contributed by atoms with Crippen LogP contribution in [0, 0.1) is 0 Å². The van der Waals surface area contributed by atoms with Crippen molar-refractivity contribution in [1.82, 2.24) is 10.2 Å². The van der Waals surface area contributed by atoms with Crippen molar-refractivity contribution in [1.29, 1.82) is 0 Å². The molecule has 9 heteroatoms. The number of hydrogen-bond donors (Lipinski definition) is 1. The Bertz CT molecular complexity index is 716. The van der Waals surface area contributed by atoms with Gasteiger partial charge < -0.3 is 29.2 Å². The SMILES string of the molecule is COc1cc(OC)c(C(=O)OCC(=O)N(C)CC(=O)NC2CC2)cc1OC. The Morgan fingerprint density at radius 3 is 2.19 bits per heavy atom. The lowest BCUT2D eigenvalue weighted by atomic mass is 10.1. The highest BCUT2D eigenvalue weighted by Gasteiger charge is 2.25. The van der Waals surface area contributed by atoms with Crippen LogP contribution < -0.4 is 19.5 Å². The molecule has 1 fully saturated rings. The Hall–Kier alpha value is -2.97. The smallest absolute Gasteiger partial charge is 0.342 e. The predicted octanol–water partition coefficient (Wildman–Crippen LogP) is 0.606. The van der Waals surface area contributed by atoms with E-state index < -0.39 is 18.5 Å². The zero-order valence-electron chi connectivity index (χ0n) is 15.9. The largest absolute Gasteiger partial charge is 0.496 e. The molecule has 0 saturated heterocycles. The molecule has 0 heterocycles. The van der Waals surface area contributed by atoms with E-state index in [0.29, 0.717) is 11.5 Å². The van der Waals surface area contributed by atoms with Crippen LogP contribution in [-0.2, 0) is 14.3 Å². The molecule has 2 amide bonds. The second kappa shape index (κ2) is 9.11. The summed E-state index contributed by atoms with van der Waals surface area (Å²) < 4.78 is 20.6. The quantitative estimate of drug-likeness (QED) is 0.626. The number of ether oxygens (including phenoxy) is 4. The molecule has 1 aliphatic rings. The van der Waals surface area contributed by atoms with Gasteiger partial charge in [-0.3, -0.25) is 9.59 Å². The maximum Gasteiger partial charge on any atom is 0.342 e. The fourth-order valence-electron chi connectivity index (χ4n) is 2.31. The van der Waals surface area contributed by atoms with E-state index >= 15 is 0 Å². The molecule has 0 unspecified atom stereocenters. The van der Waals surface area contributed by atoms with Gasteiger partial charge in [0, 0.05) is 25.2 Å². The van der Waals surface area contributed by atoms with Crippen LogP contribution in [0.4, 0.5) is 0 Å². The van der Waals surface area contributed by atoms with Crippen LogP contribution >= 0.6 is 0 Å². The second-order valence-corrected chi connectivity index (χ2v) is 6.08. The van der Waals surface area contributed by atoms with Crippen LogP contribution in [0.1, 0.15) is 23.2 Å². The van der Waals surface area contributed by atoms with E-state index in [1.165, 1.54) is 45.4 Å². The van der Waals surface area contributed by atoms with Crippen molar-refractivity contribution in [3.63, 3.8) is 0 Å². The van der Waals surface area contributed by atoms with E-state index in [-0.39, 0.29) is 29.8 Å². The monoisotopic (exact) mass is 380 g/mol. The van der Waals surface area contributed by atoms with Crippen LogP contribution in [0.15, 0.2) is 12.1 Å². The number of amides is 2. The van der Waals surface area contributed by atoms with Gasteiger partial charge in [-0.05, 0) is 12.8 Å². The van der Waals surface area contributed by atoms with Crippen LogP contribution in [-0.4, -0.2) is 70.3 Å². The normalized spacial score (nSPS) is 12.7. The molecule has 1 aromatic rings. The van der Waals surface area contributed by atoms with E-state index in [1.54, 1.807) is 0 Å². The molecule has 27 heavy (non-hydrogen) atoms. The van der Waals surface area contributed by atoms with E-state index in [2.05, 4.69) is 5.32 Å². The van der Waals surface area contributed by atoms with E-state index in [0.717, 1.165) is 12.8 Å². The minimum Gasteiger partial charge on any atom is -0.496 e. The third kappa shape index (κ3) is 5.50. The van der Waals surface area contributed by atoms with Crippen molar-refractivity contribution in [2.75, 3.05) is 41.5 Å². The molecule has 2 rings (SSSR count). The van der Waals surface area contributed by atoms with Gasteiger partial charge in [-0.1, -0.05) is 0 Å². The van der Waals surface area contributed by atoms with Gasteiger partial charge in [0.25, 0.3) is 5.91 Å². The standard InChI is InChI=1S/C18H24N2O7/c1-20(9-16(21)19-11-5-6-11)17(22)10-27-18(23)12-7-14(25-3)15(26-4)8-13(12)24-2/h7-8,11H,5-6,9-10H2,1-4H3,(H,19,21). The number of hydrogen-bond acceptors (Lipinski definition) is 7. The predicted molar refractivity (Wildman–Crippen MR) is 95.2 cm³/mol. The topological polar surface area (TPSA) is 103 Å². The molecule has 1 saturated carbocycles. The van der Waals surface area contributed by atoms with Crippen LogP contribution in [0.5, 0.6) is 17.2 Å². The molecule has 0 aliphatic heterocycles. The summed E-state index contributed by atoms with van der Waals surface area (Å²) in [6, 6.07) is 3.12. The van der Waals surface area contributed by atoms with Crippen LogP contribution in [0.3, 0.4) is 0 Å². The Morgan fingerprint density at radius 1 is 1.04 bits per heavy atom. The summed E-state index contributed by atoms with van der Waals surface area (Å²) >= 11 is 0. The second-order valence-electron chi connectivity index (χ2n) is 6.08. The lowest BCUT2D eigenvalue weighted by Gasteiger charge is -2.17. The van der Waals surface area contributed by atoms with Crippen molar-refractivity contribution in [2.45, 2.75) is 18.9 Å². The summed E-state index contributed by atoms with van der Waals surface area (Å²) in [7, 11) is 5.77. The number of methoxy groups -OCH3 is 3. The first-order valence-corrected chi connectivity index (χ1v) is 8.40. The van der Waals surface area contributed by atoms with Crippen molar-refractivity contribution >= 4 is 17.8 Å². The number of esters is 1. The van der Waals surface area contributed by atoms with Gasteiger partial charge in [0.05, 0.1) is 27.9 Å². The first-order chi connectivity index (χ1) is 12.9. The van der Waals surface area contributed by atoms with Gasteiger partial charge in [-0.2, -0.15) is 0 Å². The van der Waals surface area contributed by atoms with Crippen LogP contribution in [0.25, 0.3) is 0 Å². The summed E-state index contributed by atoms with van der Waals surface area (Å²) in [6.45, 7) is -0.587. The summed E-state index contributed by atoms with van der Waals surface area (Å²) in [5.74, 6) is -0.539. The van der Waals surface area contributed by atoms with Gasteiger partial charge in [0.15, 0.2) is 18.1 Å². The third-order valence-electron chi connectivity index (χ3n) is 4.00. The third-order valence-corrected chi connectivity index (χ3v) is 4.00. The van der Waals surface area contributed by atoms with E-state index in [1.807, 2.05) is 0 Å². The molecule has 1 aromatic carbocycles. The number of likely N-dealkylation sites (N-methyl/N-ethyl adjacent to an activating group) is 1. The summed E-state index contributed by atoms with van der Waals surface area (Å²) in [6.07, 6.45) is 1.93. The molecular formula is C18H24N2O7. The van der Waals surface area contributed by atoms with Gasteiger partial charge in [0.1, 0.15) is 11.3 Å². The van der Waals surface area contributed by atoms with Gasteiger partial charge in [0.2, 0.25) is 5.91 Å². The molecule has 0 radical (unpaired) electrons. The first kappa shape index (κ1) is 20.3. The van der Waals surface area contributed by atoms with Crippen molar-refractivity contribution < 1.29 is 33.3 Å². The molecule has 0 aromatic heterocycles. The summed E-state index contributed by atoms with van der Waals surface area (Å²) in [5, 5.41) is 2.79. The lowest BCUT2D eigenvalue weighted by molar-refractivity contribution is -0.137. The zero-order valence-corrected chi connectivity index (χ0v) is 15.9. The maximum atomic E-state index is 12.3. The molecule has 0 bridgehead atoms. The number of carbonyl (C=O) groups is 3. The Kier molecular flexibility index (Phi) is 6.86. The average Bonchev–Trinajstić information content (AvgIpc) is 3.47. The zero-order chi connectivity index (χ0) is 20.0. The molecule has 0 spiro atoms. The molecule has 9 nitrogen and oxygen atoms in total. The average molecular weight is 380 g/mol. The Morgan fingerprint density at radius 2 is 1.63 bits per heavy atom. The fraction of sp³-hybridized carbons (Fsp3) is 0.500. The van der Waals surface area contributed by atoms with Gasteiger partial charge in [-0.25, -0.2) is 4.79 Å². The highest BCUT2D eigenvalue weighted by Crippen LogP contribution is 2.34. The molecule has 148 valence electrons. The van der Waals surface area contributed by atoms with Gasteiger partial charge in [-0.15, -0.1) is 0 Å². The molecule has 1 aliphatic carbocycles. The minimum absolute atomic E-state index is 0.0907. The molecule has 0 atom stereocenters. The molecule has 1 N–H and O–H groups in total. The lowest BCUT2D eigenvalue weighted by Crippen LogP contribution is -2.40. The fourth-order valence-corrected chi connectivity index (χ4v) is 2.31. The maximum absolute atomic E-state index is 12.3. The number of nitrogens with one attached hydrogen (secondary N) is 1. The summed E-state index contributed by atoms with van der Waals surface area (Å²) in [4.78, 5) is 37.4. The molecular weight excluding hydrogens is 356 g/mol. The highest BCUT2D eigenvalue weighted by molar-refractivity contribution is 5.95.